The van der Waals surface area contributed by atoms with E-state index in [1.165, 1.54) is 249 Å². The third-order valence-corrected chi connectivity index (χ3v) is 12.4. The van der Waals surface area contributed by atoms with E-state index in [0.29, 0.717) is 0 Å². The Balaban J connectivity index is 1.69. The molecule has 0 saturated carbocycles. The highest BCUT2D eigenvalue weighted by molar-refractivity contribution is 6.36. The molecule has 59 heavy (non-hydrogen) atoms. The quantitative estimate of drug-likeness (QED) is 0.0471. The third kappa shape index (κ3) is 32.9. The van der Waals surface area contributed by atoms with Gasteiger partial charge in [0, 0.05) is 0 Å². The second kappa shape index (κ2) is 40.9. The predicted molar refractivity (Wildman–Crippen MR) is 268 cm³/mol. The van der Waals surface area contributed by atoms with Gasteiger partial charge in [-0.1, -0.05) is 257 Å². The first-order valence-electron chi connectivity index (χ1n) is 26.2. The van der Waals surface area contributed by atoms with E-state index in [2.05, 4.69) is 81.5 Å². The van der Waals surface area contributed by atoms with Crippen LogP contribution in [0.4, 0.5) is 11.4 Å². The lowest BCUT2D eigenvalue weighted by atomic mass is 10.0. The molecule has 2 aromatic rings. The van der Waals surface area contributed by atoms with Gasteiger partial charge < -0.3 is 0 Å². The largest absolute Gasteiger partial charge is 0.255 e. The highest BCUT2D eigenvalue weighted by Crippen LogP contribution is 2.20. The molecule has 0 aliphatic rings. The van der Waals surface area contributed by atoms with Crippen molar-refractivity contribution in [3.8, 4) is 0 Å². The van der Waals surface area contributed by atoms with Crippen LogP contribution in [0.15, 0.2) is 70.7 Å². The number of aryl methyl sites for hydroxylation is 2. The van der Waals surface area contributed by atoms with Gasteiger partial charge >= 0.3 is 0 Å². The van der Waals surface area contributed by atoms with Gasteiger partial charge in [-0.25, -0.2) is 4.99 Å². The fraction of sp³-hybridized carbons (Fsp3) is 0.719. The SMILES string of the molecule is CCCCCCCC=CC(C=Nc1ccc(CCCCCCCCCCCCCCCCC)cc1)=Nc1ccc(CCCCCCCCCCCCCCCCC)cc1. The summed E-state index contributed by atoms with van der Waals surface area (Å²) >= 11 is 0. The minimum absolute atomic E-state index is 0.926. The summed E-state index contributed by atoms with van der Waals surface area (Å²) in [6.45, 7) is 6.89. The van der Waals surface area contributed by atoms with Gasteiger partial charge in [0.2, 0.25) is 0 Å². The van der Waals surface area contributed by atoms with Crippen LogP contribution in [0.5, 0.6) is 0 Å². The van der Waals surface area contributed by atoms with Crippen molar-refractivity contribution in [1.29, 1.82) is 0 Å². The first kappa shape index (κ1) is 52.7. The van der Waals surface area contributed by atoms with Crippen LogP contribution in [0, 0.1) is 0 Å². The molecule has 0 bridgehead atoms. The van der Waals surface area contributed by atoms with Gasteiger partial charge in [-0.05, 0) is 80.0 Å². The van der Waals surface area contributed by atoms with Crippen molar-refractivity contribution in [1.82, 2.24) is 0 Å². The molecule has 0 radical (unpaired) electrons. The molecule has 0 aliphatic heterocycles. The zero-order chi connectivity index (χ0) is 41.9. The van der Waals surface area contributed by atoms with Crippen LogP contribution in [0.2, 0.25) is 0 Å². The number of unbranched alkanes of at least 4 members (excludes halogenated alkanes) is 33. The summed E-state index contributed by atoms with van der Waals surface area (Å²) in [6.07, 6.45) is 58.9. The molecule has 2 nitrogen and oxygen atoms in total. The summed E-state index contributed by atoms with van der Waals surface area (Å²) in [7, 11) is 0. The lowest BCUT2D eigenvalue weighted by Crippen LogP contribution is -1.95. The number of hydrogen-bond acceptors (Lipinski definition) is 2. The smallest absolute Gasteiger partial charge is 0.0816 e. The first-order chi connectivity index (χ1) is 29.2. The average Bonchev–Trinajstić information content (AvgIpc) is 3.26. The third-order valence-electron chi connectivity index (χ3n) is 12.4. The minimum Gasteiger partial charge on any atom is -0.255 e. The van der Waals surface area contributed by atoms with Crippen molar-refractivity contribution < 1.29 is 0 Å². The van der Waals surface area contributed by atoms with Crippen LogP contribution >= 0.6 is 0 Å². The summed E-state index contributed by atoms with van der Waals surface area (Å²) in [5, 5.41) is 0. The number of allylic oxidation sites excluding steroid dienone is 2. The van der Waals surface area contributed by atoms with Crippen molar-refractivity contribution in [3.05, 3.63) is 71.8 Å². The maximum Gasteiger partial charge on any atom is 0.0816 e. The Morgan fingerprint density at radius 2 is 0.661 bits per heavy atom. The Labute approximate surface area is 368 Å². The number of benzene rings is 2. The summed E-state index contributed by atoms with van der Waals surface area (Å²) in [6, 6.07) is 17.9. The Morgan fingerprint density at radius 1 is 0.356 bits per heavy atom. The number of rotatable bonds is 42. The normalized spacial score (nSPS) is 12.2. The van der Waals surface area contributed by atoms with Crippen LogP contribution in [0.1, 0.15) is 263 Å². The fourth-order valence-corrected chi connectivity index (χ4v) is 8.36. The van der Waals surface area contributed by atoms with Gasteiger partial charge in [-0.2, -0.15) is 0 Å². The second-order valence-corrected chi connectivity index (χ2v) is 18.1. The molecule has 0 amide bonds. The molecule has 0 aliphatic carbocycles. The molecule has 0 aromatic heterocycles. The molecular weight excluding hydrogens is 713 g/mol. The Bertz CT molecular complexity index is 1250. The predicted octanol–water partition coefficient (Wildman–Crippen LogP) is 19.9. The van der Waals surface area contributed by atoms with Crippen LogP contribution in [-0.4, -0.2) is 11.9 Å². The molecule has 0 unspecified atom stereocenters. The van der Waals surface area contributed by atoms with E-state index in [1.807, 2.05) is 6.21 Å². The lowest BCUT2D eigenvalue weighted by molar-refractivity contribution is 0.532. The van der Waals surface area contributed by atoms with Crippen LogP contribution in [0.25, 0.3) is 0 Å². The van der Waals surface area contributed by atoms with E-state index in [-0.39, 0.29) is 0 Å². The highest BCUT2D eigenvalue weighted by atomic mass is 14.8. The van der Waals surface area contributed by atoms with Gasteiger partial charge in [-0.3, -0.25) is 4.99 Å². The topological polar surface area (TPSA) is 24.7 Å². The zero-order valence-electron chi connectivity index (χ0n) is 39.6. The van der Waals surface area contributed by atoms with Gasteiger partial charge in [0.15, 0.2) is 0 Å². The van der Waals surface area contributed by atoms with E-state index in [9.17, 15) is 0 Å². The fourth-order valence-electron chi connectivity index (χ4n) is 8.36. The van der Waals surface area contributed by atoms with Crippen molar-refractivity contribution in [2.75, 3.05) is 0 Å². The van der Waals surface area contributed by atoms with Gasteiger partial charge in [0.1, 0.15) is 0 Å². The van der Waals surface area contributed by atoms with E-state index < -0.39 is 0 Å². The van der Waals surface area contributed by atoms with Crippen molar-refractivity contribution >= 4 is 23.3 Å². The monoisotopic (exact) mass is 809 g/mol. The molecule has 0 spiro atoms. The second-order valence-electron chi connectivity index (χ2n) is 18.1. The maximum absolute atomic E-state index is 5.04. The Hall–Kier alpha value is -2.48. The molecule has 334 valence electrons. The van der Waals surface area contributed by atoms with E-state index in [4.69, 9.17) is 9.98 Å². The molecule has 2 rings (SSSR count). The highest BCUT2D eigenvalue weighted by Gasteiger charge is 2.01. The van der Waals surface area contributed by atoms with Crippen LogP contribution in [0.3, 0.4) is 0 Å². The Morgan fingerprint density at radius 3 is 1.02 bits per heavy atom. The molecule has 0 N–H and O–H groups in total. The summed E-state index contributed by atoms with van der Waals surface area (Å²) in [4.78, 5) is 9.92. The summed E-state index contributed by atoms with van der Waals surface area (Å²) in [5.41, 5.74) is 5.80. The Kier molecular flexibility index (Phi) is 36.5. The first-order valence-corrected chi connectivity index (χ1v) is 26.2. The molecule has 2 heteroatoms. The van der Waals surface area contributed by atoms with Gasteiger partial charge in [-0.15, -0.1) is 0 Å². The minimum atomic E-state index is 0.926. The van der Waals surface area contributed by atoms with Crippen molar-refractivity contribution in [2.45, 2.75) is 265 Å². The molecule has 0 atom stereocenters. The molecule has 2 aromatic carbocycles. The molecule has 0 fully saturated rings. The van der Waals surface area contributed by atoms with Crippen molar-refractivity contribution in [2.24, 2.45) is 9.98 Å². The van der Waals surface area contributed by atoms with E-state index >= 15 is 0 Å². The zero-order valence-corrected chi connectivity index (χ0v) is 39.6. The molecular formula is C57H96N2. The standard InChI is InChI=1S/C57H96N2/c1-4-7-10-13-16-18-20-22-24-26-28-30-33-35-38-41-53-44-48-55(49-45-53)58-52-57(43-40-37-32-15-12-9-6-3)59-56-50-46-54(47-51-56)42-39-36-34-31-29-27-25-23-21-19-17-14-11-8-5-2/h40,43-52H,4-39,41-42H2,1-3H3. The number of hydrogen-bond donors (Lipinski definition) is 0. The number of nitrogens with zero attached hydrogens (tertiary/aromatic N) is 2. The van der Waals surface area contributed by atoms with Gasteiger partial charge in [0.25, 0.3) is 0 Å². The number of aliphatic imine (C=N–C) groups is 2. The maximum atomic E-state index is 5.04. The van der Waals surface area contributed by atoms with Crippen molar-refractivity contribution in [3.63, 3.8) is 0 Å². The van der Waals surface area contributed by atoms with Crippen LogP contribution < -0.4 is 0 Å². The lowest BCUT2D eigenvalue weighted by Gasteiger charge is -2.05. The van der Waals surface area contributed by atoms with Gasteiger partial charge in [0.05, 0.1) is 23.3 Å². The molecule has 0 heterocycles. The summed E-state index contributed by atoms with van der Waals surface area (Å²) in [5.74, 6) is 0. The van der Waals surface area contributed by atoms with Crippen LogP contribution in [-0.2, 0) is 12.8 Å². The average molecular weight is 809 g/mol. The molecule has 0 saturated heterocycles. The summed E-state index contributed by atoms with van der Waals surface area (Å²) < 4.78 is 0. The van der Waals surface area contributed by atoms with E-state index in [1.54, 1.807) is 0 Å². The van der Waals surface area contributed by atoms with E-state index in [0.717, 1.165) is 23.5 Å².